The molecule has 0 atom stereocenters. The Hall–Kier alpha value is -2.34. The van der Waals surface area contributed by atoms with Gasteiger partial charge in [-0.2, -0.15) is 5.10 Å². The molecule has 4 nitrogen and oxygen atoms in total. The van der Waals surface area contributed by atoms with Gasteiger partial charge in [-0.25, -0.2) is 4.39 Å². The second-order valence-corrected chi connectivity index (χ2v) is 5.81. The van der Waals surface area contributed by atoms with Crippen molar-refractivity contribution in [2.75, 3.05) is 5.32 Å². The third-order valence-corrected chi connectivity index (χ3v) is 3.80. The van der Waals surface area contributed by atoms with E-state index in [9.17, 15) is 9.50 Å². The van der Waals surface area contributed by atoms with Crippen LogP contribution >= 0.6 is 15.9 Å². The summed E-state index contributed by atoms with van der Waals surface area (Å²) in [6, 6.07) is 11.9. The topological polar surface area (TPSA) is 60.9 Å². The lowest BCUT2D eigenvalue weighted by molar-refractivity contribution is 0.475. The number of aromatic amines is 1. The molecule has 3 N–H and O–H groups in total. The summed E-state index contributed by atoms with van der Waals surface area (Å²) in [5.41, 5.74) is 2.65. The van der Waals surface area contributed by atoms with Crippen LogP contribution in [-0.2, 0) is 0 Å². The number of phenolic OH excluding ortho intramolecular Hbond substituents is 1. The molecular formula is C16H13BrFN3O. The minimum absolute atomic E-state index is 0.132. The van der Waals surface area contributed by atoms with Gasteiger partial charge in [-0.1, -0.05) is 15.9 Å². The van der Waals surface area contributed by atoms with Gasteiger partial charge in [-0.05, 0) is 55.0 Å². The molecule has 112 valence electrons. The smallest absolute Gasteiger partial charge is 0.193 e. The normalized spacial score (nSPS) is 10.7. The summed E-state index contributed by atoms with van der Waals surface area (Å²) in [5.74, 6) is -0.200. The van der Waals surface area contributed by atoms with Gasteiger partial charge in [-0.3, -0.25) is 5.10 Å². The molecule has 0 aliphatic rings. The number of anilines is 2. The van der Waals surface area contributed by atoms with Gasteiger partial charge < -0.3 is 10.4 Å². The average Bonchev–Trinajstić information content (AvgIpc) is 2.84. The molecular weight excluding hydrogens is 349 g/mol. The van der Waals surface area contributed by atoms with Gasteiger partial charge in [0.25, 0.3) is 0 Å². The van der Waals surface area contributed by atoms with Crippen molar-refractivity contribution >= 4 is 27.4 Å². The lowest BCUT2D eigenvalue weighted by atomic mass is 10.1. The molecule has 3 aromatic rings. The van der Waals surface area contributed by atoms with Crippen LogP contribution in [0.3, 0.4) is 0 Å². The molecule has 1 aromatic heterocycles. The quantitative estimate of drug-likeness (QED) is 0.631. The van der Waals surface area contributed by atoms with Crippen LogP contribution in [0.4, 0.5) is 15.9 Å². The number of halogens is 2. The first-order valence-electron chi connectivity index (χ1n) is 6.61. The number of benzene rings is 2. The predicted molar refractivity (Wildman–Crippen MR) is 87.8 cm³/mol. The molecule has 0 fully saturated rings. The number of hydrogen-bond donors (Lipinski definition) is 3. The number of aromatic nitrogens is 2. The number of nitrogens with one attached hydrogen (secondary N) is 2. The maximum Gasteiger partial charge on any atom is 0.193 e. The van der Waals surface area contributed by atoms with Crippen LogP contribution in [0.2, 0.25) is 0 Å². The standard InChI is InChI=1S/C16H13BrFN3O/c1-9-8-11(17)4-7-13(9)19-16-14(18)15(20-21-16)10-2-5-12(22)6-3-10/h2-8,22H,1H3,(H2,19,20,21). The van der Waals surface area contributed by atoms with E-state index < -0.39 is 5.82 Å². The zero-order valence-electron chi connectivity index (χ0n) is 11.7. The number of aryl methyl sites for hydroxylation is 1. The number of phenols is 1. The van der Waals surface area contributed by atoms with E-state index >= 15 is 0 Å². The van der Waals surface area contributed by atoms with Gasteiger partial charge in [0.05, 0.1) is 0 Å². The van der Waals surface area contributed by atoms with Gasteiger partial charge in [0.1, 0.15) is 11.4 Å². The molecule has 0 saturated carbocycles. The Morgan fingerprint density at radius 1 is 1.18 bits per heavy atom. The maximum atomic E-state index is 14.5. The van der Waals surface area contributed by atoms with Crippen molar-refractivity contribution in [2.45, 2.75) is 6.92 Å². The van der Waals surface area contributed by atoms with Crippen molar-refractivity contribution in [3.8, 4) is 17.0 Å². The Labute approximate surface area is 135 Å². The Morgan fingerprint density at radius 2 is 1.91 bits per heavy atom. The first-order chi connectivity index (χ1) is 10.5. The molecule has 0 bridgehead atoms. The van der Waals surface area contributed by atoms with Crippen molar-refractivity contribution in [1.29, 1.82) is 0 Å². The summed E-state index contributed by atoms with van der Waals surface area (Å²) in [4.78, 5) is 0. The molecule has 0 aliphatic carbocycles. The van der Waals surface area contributed by atoms with E-state index in [-0.39, 0.29) is 17.3 Å². The summed E-state index contributed by atoms with van der Waals surface area (Å²) >= 11 is 3.39. The molecule has 22 heavy (non-hydrogen) atoms. The number of hydrogen-bond acceptors (Lipinski definition) is 3. The van der Waals surface area contributed by atoms with Crippen LogP contribution in [0.1, 0.15) is 5.56 Å². The first kappa shape index (κ1) is 14.6. The van der Waals surface area contributed by atoms with E-state index in [1.165, 1.54) is 12.1 Å². The number of rotatable bonds is 3. The van der Waals surface area contributed by atoms with Gasteiger partial charge in [0.15, 0.2) is 11.6 Å². The van der Waals surface area contributed by atoms with Crippen LogP contribution in [0.25, 0.3) is 11.3 Å². The molecule has 3 rings (SSSR count). The highest BCUT2D eigenvalue weighted by molar-refractivity contribution is 9.10. The van der Waals surface area contributed by atoms with E-state index in [1.807, 2.05) is 25.1 Å². The molecule has 0 radical (unpaired) electrons. The van der Waals surface area contributed by atoms with Gasteiger partial charge in [0.2, 0.25) is 0 Å². The van der Waals surface area contributed by atoms with Gasteiger partial charge >= 0.3 is 0 Å². The Bertz CT molecular complexity index is 815. The van der Waals surface area contributed by atoms with Gasteiger partial charge in [-0.15, -0.1) is 0 Å². The highest BCUT2D eigenvalue weighted by atomic mass is 79.9. The SMILES string of the molecule is Cc1cc(Br)ccc1Nc1n[nH]c(-c2ccc(O)cc2)c1F. The Balaban J connectivity index is 1.92. The van der Waals surface area contributed by atoms with E-state index in [1.54, 1.807) is 12.1 Å². The second kappa shape index (κ2) is 5.81. The van der Waals surface area contributed by atoms with Crippen molar-refractivity contribution in [2.24, 2.45) is 0 Å². The lowest BCUT2D eigenvalue weighted by Crippen LogP contribution is -1.95. The van der Waals surface area contributed by atoms with Crippen LogP contribution in [0.5, 0.6) is 5.75 Å². The van der Waals surface area contributed by atoms with Crippen LogP contribution in [-0.4, -0.2) is 15.3 Å². The zero-order chi connectivity index (χ0) is 15.7. The third kappa shape index (κ3) is 2.82. The minimum atomic E-state index is -0.465. The van der Waals surface area contributed by atoms with E-state index in [0.29, 0.717) is 5.56 Å². The summed E-state index contributed by atoms with van der Waals surface area (Å²) in [7, 11) is 0. The summed E-state index contributed by atoms with van der Waals surface area (Å²) in [6.45, 7) is 1.93. The predicted octanol–water partition coefficient (Wildman–Crippen LogP) is 4.74. The molecule has 0 spiro atoms. The molecule has 0 amide bonds. The summed E-state index contributed by atoms with van der Waals surface area (Å²) < 4.78 is 15.4. The van der Waals surface area contributed by atoms with Crippen LogP contribution in [0, 0.1) is 12.7 Å². The Morgan fingerprint density at radius 3 is 2.59 bits per heavy atom. The first-order valence-corrected chi connectivity index (χ1v) is 7.40. The molecule has 0 saturated heterocycles. The van der Waals surface area contributed by atoms with E-state index in [4.69, 9.17) is 0 Å². The molecule has 1 heterocycles. The maximum absolute atomic E-state index is 14.5. The van der Waals surface area contributed by atoms with Crippen molar-refractivity contribution in [3.05, 3.63) is 58.3 Å². The van der Waals surface area contributed by atoms with E-state index in [0.717, 1.165) is 15.7 Å². The van der Waals surface area contributed by atoms with Gasteiger partial charge in [0, 0.05) is 15.7 Å². The molecule has 6 heteroatoms. The number of H-pyrrole nitrogens is 1. The van der Waals surface area contributed by atoms with Crippen molar-refractivity contribution in [3.63, 3.8) is 0 Å². The van der Waals surface area contributed by atoms with Crippen LogP contribution < -0.4 is 5.32 Å². The highest BCUT2D eigenvalue weighted by Crippen LogP contribution is 2.29. The fourth-order valence-corrected chi connectivity index (χ4v) is 2.60. The van der Waals surface area contributed by atoms with Crippen molar-refractivity contribution in [1.82, 2.24) is 10.2 Å². The second-order valence-electron chi connectivity index (χ2n) is 4.89. The third-order valence-electron chi connectivity index (χ3n) is 3.30. The number of aromatic hydroxyl groups is 1. The summed E-state index contributed by atoms with van der Waals surface area (Å²) in [6.07, 6.45) is 0. The van der Waals surface area contributed by atoms with Crippen molar-refractivity contribution < 1.29 is 9.50 Å². The monoisotopic (exact) mass is 361 g/mol. The number of nitrogens with zero attached hydrogens (tertiary/aromatic N) is 1. The van der Waals surface area contributed by atoms with E-state index in [2.05, 4.69) is 31.4 Å². The molecule has 0 aliphatic heterocycles. The Kier molecular flexibility index (Phi) is 3.85. The fourth-order valence-electron chi connectivity index (χ4n) is 2.13. The minimum Gasteiger partial charge on any atom is -0.508 e. The lowest BCUT2D eigenvalue weighted by Gasteiger charge is -2.07. The fraction of sp³-hybridized carbons (Fsp3) is 0.0625. The summed E-state index contributed by atoms with van der Waals surface area (Å²) in [5, 5.41) is 18.9. The average molecular weight is 362 g/mol. The largest absolute Gasteiger partial charge is 0.508 e. The highest BCUT2D eigenvalue weighted by Gasteiger charge is 2.15. The molecule has 2 aromatic carbocycles. The molecule has 0 unspecified atom stereocenters. The van der Waals surface area contributed by atoms with Crippen LogP contribution in [0.15, 0.2) is 46.9 Å². The zero-order valence-corrected chi connectivity index (χ0v) is 13.3.